The van der Waals surface area contributed by atoms with Crippen LogP contribution in [-0.2, 0) is 30.7 Å². The van der Waals surface area contributed by atoms with E-state index < -0.39 is 11.6 Å². The van der Waals surface area contributed by atoms with E-state index in [1.54, 1.807) is 0 Å². The zero-order valence-corrected chi connectivity index (χ0v) is 27.9. The molecule has 0 radical (unpaired) electrons. The lowest BCUT2D eigenvalue weighted by molar-refractivity contribution is 0.0664. The van der Waals surface area contributed by atoms with Gasteiger partial charge in [0, 0.05) is 62.3 Å². The number of carbonyl (C=O) groups excluding carboxylic acids is 1. The Kier molecular flexibility index (Phi) is 9.84. The second-order valence-corrected chi connectivity index (χ2v) is 13.5. The highest BCUT2D eigenvalue weighted by Crippen LogP contribution is 2.33. The van der Waals surface area contributed by atoms with Crippen LogP contribution in [0.25, 0.3) is 11.1 Å². The number of aliphatic hydroxyl groups excluding tert-OH is 1. The van der Waals surface area contributed by atoms with Crippen molar-refractivity contribution in [3.8, 4) is 11.1 Å². The Bertz CT molecular complexity index is 1860. The third-order valence-electron chi connectivity index (χ3n) is 10.0. The molecule has 7 rings (SSSR count). The van der Waals surface area contributed by atoms with Gasteiger partial charge >= 0.3 is 0 Å². The lowest BCUT2D eigenvalue weighted by atomic mass is 9.89. The predicted octanol–water partition coefficient (Wildman–Crippen LogP) is 6.13. The van der Waals surface area contributed by atoms with Gasteiger partial charge in [-0.1, -0.05) is 18.2 Å². The van der Waals surface area contributed by atoms with E-state index in [0.29, 0.717) is 29.4 Å². The molecule has 2 N–H and O–H groups in total. The number of benzene rings is 4. The van der Waals surface area contributed by atoms with Gasteiger partial charge in [-0.05, 0) is 126 Å². The van der Waals surface area contributed by atoms with Crippen molar-refractivity contribution >= 4 is 17.4 Å². The lowest BCUT2D eigenvalue weighted by Crippen LogP contribution is -2.44. The number of nitrogens with one attached hydrogen (secondary N) is 1. The number of aliphatic hydroxyl groups is 1. The van der Waals surface area contributed by atoms with E-state index in [-0.39, 0.29) is 18.9 Å². The van der Waals surface area contributed by atoms with Crippen LogP contribution in [0.2, 0.25) is 0 Å². The summed E-state index contributed by atoms with van der Waals surface area (Å²) in [7, 11) is 2.14. The summed E-state index contributed by atoms with van der Waals surface area (Å²) in [6.07, 6.45) is 3.02. The maximum Gasteiger partial charge on any atom is 0.257 e. The van der Waals surface area contributed by atoms with E-state index in [9.17, 15) is 18.7 Å². The molecule has 2 saturated heterocycles. The molecule has 0 unspecified atom stereocenters. The highest BCUT2D eigenvalue weighted by molar-refractivity contribution is 6.15. The number of aliphatic imine (C=N–C) groups is 1. The van der Waals surface area contributed by atoms with Gasteiger partial charge in [-0.25, -0.2) is 8.78 Å². The number of rotatable bonds is 8. The summed E-state index contributed by atoms with van der Waals surface area (Å²) < 4.78 is 34.1. The fraction of sp³-hybridized carbons (Fsp3) is 0.350. The zero-order chi connectivity index (χ0) is 33.9. The van der Waals surface area contributed by atoms with Crippen LogP contribution in [0.1, 0.15) is 56.6 Å². The van der Waals surface area contributed by atoms with Gasteiger partial charge in [0.05, 0.1) is 13.2 Å². The molecule has 0 aromatic heterocycles. The Morgan fingerprint density at radius 2 is 1.67 bits per heavy atom. The second kappa shape index (κ2) is 14.6. The van der Waals surface area contributed by atoms with Gasteiger partial charge in [0.2, 0.25) is 0 Å². The van der Waals surface area contributed by atoms with Gasteiger partial charge in [-0.2, -0.15) is 0 Å². The van der Waals surface area contributed by atoms with Crippen LogP contribution < -0.4 is 10.2 Å². The number of fused-ring (bicyclic) bond motifs is 1. The molecule has 254 valence electrons. The summed E-state index contributed by atoms with van der Waals surface area (Å²) in [5.74, 6) is -0.533. The van der Waals surface area contributed by atoms with Crippen LogP contribution in [0.15, 0.2) is 77.8 Å². The maximum absolute atomic E-state index is 14.2. The van der Waals surface area contributed by atoms with Gasteiger partial charge < -0.3 is 25.0 Å². The van der Waals surface area contributed by atoms with Crippen LogP contribution in [0, 0.1) is 17.6 Å². The minimum absolute atomic E-state index is 0.102. The van der Waals surface area contributed by atoms with Crippen molar-refractivity contribution in [2.24, 2.45) is 10.9 Å². The quantitative estimate of drug-likeness (QED) is 0.237. The molecule has 3 heterocycles. The predicted molar refractivity (Wildman–Crippen MR) is 188 cm³/mol. The molecular formula is C40H42F2N4O3. The second-order valence-electron chi connectivity index (χ2n) is 13.5. The standard InChI is InChI=1S/C40H42F2N4O3/c1-45-9-11-46(12-10-45)35-5-6-36(30(20-35)15-26-7-13-49-14-8-26)40(48)44-39-38-21-31(17-28-18-33(41)23-34(42)19-28)37(22-32(38)24-43-39)29-4-2-3-27(16-29)25-47/h2-6,16,18-23,26,47H,7-15,17,24-25H2,1H3,(H,43,44,48). The fourth-order valence-electron chi connectivity index (χ4n) is 7.25. The number of ether oxygens (including phenoxy) is 1. The molecule has 3 aliphatic rings. The molecule has 0 bridgehead atoms. The minimum Gasteiger partial charge on any atom is -0.392 e. The van der Waals surface area contributed by atoms with Crippen molar-refractivity contribution in [1.82, 2.24) is 10.2 Å². The molecule has 4 aromatic rings. The summed E-state index contributed by atoms with van der Waals surface area (Å²) in [5, 5.41) is 12.9. The molecule has 0 atom stereocenters. The Balaban J connectivity index is 1.20. The molecule has 2 fully saturated rings. The van der Waals surface area contributed by atoms with E-state index in [1.807, 2.05) is 42.5 Å². The van der Waals surface area contributed by atoms with Crippen LogP contribution in [0.4, 0.5) is 14.5 Å². The van der Waals surface area contributed by atoms with Gasteiger partial charge in [0.1, 0.15) is 17.5 Å². The number of carbonyl (C=O) groups is 1. The van der Waals surface area contributed by atoms with Crippen molar-refractivity contribution < 1.29 is 23.4 Å². The molecule has 0 saturated carbocycles. The SMILES string of the molecule is CN1CCN(c2ccc(C(=O)NC3=NCc4cc(-c5cccc(CO)c5)c(Cc5cc(F)cc(F)c5)cc43)c(CC3CCOCC3)c2)CC1. The average molecular weight is 665 g/mol. The first-order valence-electron chi connectivity index (χ1n) is 17.1. The highest BCUT2D eigenvalue weighted by Gasteiger charge is 2.25. The Hall–Kier alpha value is -4.44. The zero-order valence-electron chi connectivity index (χ0n) is 27.9. The molecule has 0 spiro atoms. The minimum atomic E-state index is -0.635. The number of hydrogen-bond donors (Lipinski definition) is 2. The maximum atomic E-state index is 14.2. The van der Waals surface area contributed by atoms with Crippen LogP contribution in [0.3, 0.4) is 0 Å². The number of likely N-dealkylation sites (N-methyl/N-ethyl adjacent to an activating group) is 1. The van der Waals surface area contributed by atoms with Crippen LogP contribution in [-0.4, -0.2) is 68.2 Å². The third-order valence-corrected chi connectivity index (χ3v) is 10.0. The number of amides is 1. The van der Waals surface area contributed by atoms with Crippen LogP contribution >= 0.6 is 0 Å². The van der Waals surface area contributed by atoms with Crippen LogP contribution in [0.5, 0.6) is 0 Å². The van der Waals surface area contributed by atoms with Gasteiger partial charge in [-0.15, -0.1) is 0 Å². The Morgan fingerprint density at radius 3 is 2.43 bits per heavy atom. The molecule has 9 heteroatoms. The summed E-state index contributed by atoms with van der Waals surface area (Å²) in [5.41, 5.74) is 8.43. The van der Waals surface area contributed by atoms with E-state index in [2.05, 4.69) is 34.3 Å². The molecule has 0 aliphatic carbocycles. The molecular weight excluding hydrogens is 622 g/mol. The van der Waals surface area contributed by atoms with Crippen molar-refractivity contribution in [3.05, 3.63) is 123 Å². The van der Waals surface area contributed by atoms with Gasteiger partial charge in [-0.3, -0.25) is 9.79 Å². The first kappa shape index (κ1) is 33.1. The summed E-state index contributed by atoms with van der Waals surface area (Å²) in [6, 6.07) is 21.4. The van der Waals surface area contributed by atoms with E-state index in [1.165, 1.54) is 12.1 Å². The van der Waals surface area contributed by atoms with Crippen molar-refractivity contribution in [2.45, 2.75) is 38.8 Å². The smallest absolute Gasteiger partial charge is 0.257 e. The summed E-state index contributed by atoms with van der Waals surface area (Å²) >= 11 is 0. The fourth-order valence-corrected chi connectivity index (χ4v) is 7.25. The third kappa shape index (κ3) is 7.59. The summed E-state index contributed by atoms with van der Waals surface area (Å²) in [6.45, 7) is 5.68. The molecule has 4 aromatic carbocycles. The monoisotopic (exact) mass is 664 g/mol. The van der Waals surface area contributed by atoms with Crippen molar-refractivity contribution in [1.29, 1.82) is 0 Å². The Labute approximate surface area is 286 Å². The highest BCUT2D eigenvalue weighted by atomic mass is 19.1. The average Bonchev–Trinajstić information content (AvgIpc) is 3.49. The van der Waals surface area contributed by atoms with E-state index in [0.717, 1.165) is 109 Å². The normalized spacial score (nSPS) is 16.8. The Morgan fingerprint density at radius 1 is 0.898 bits per heavy atom. The summed E-state index contributed by atoms with van der Waals surface area (Å²) in [4.78, 5) is 23.5. The van der Waals surface area contributed by atoms with E-state index in [4.69, 9.17) is 9.73 Å². The number of nitrogens with zero attached hydrogens (tertiary/aromatic N) is 3. The number of halogens is 2. The molecule has 7 nitrogen and oxygen atoms in total. The number of amidine groups is 1. The number of piperazine rings is 1. The van der Waals surface area contributed by atoms with E-state index >= 15 is 0 Å². The lowest BCUT2D eigenvalue weighted by Gasteiger charge is -2.34. The first-order valence-corrected chi connectivity index (χ1v) is 17.1. The first-order chi connectivity index (χ1) is 23.8. The largest absolute Gasteiger partial charge is 0.392 e. The number of hydrogen-bond acceptors (Lipinski definition) is 6. The van der Waals surface area contributed by atoms with Gasteiger partial charge in [0.25, 0.3) is 5.91 Å². The topological polar surface area (TPSA) is 77.4 Å². The van der Waals surface area contributed by atoms with Crippen molar-refractivity contribution in [3.63, 3.8) is 0 Å². The van der Waals surface area contributed by atoms with Gasteiger partial charge in [0.15, 0.2) is 0 Å². The number of anilines is 1. The molecule has 49 heavy (non-hydrogen) atoms. The van der Waals surface area contributed by atoms with Crippen molar-refractivity contribution in [2.75, 3.05) is 51.3 Å². The molecule has 3 aliphatic heterocycles. The molecule has 1 amide bonds.